The van der Waals surface area contributed by atoms with Gasteiger partial charge in [-0.1, -0.05) is 48.5 Å². The molecule has 30 heavy (non-hydrogen) atoms. The molecule has 2 N–H and O–H groups in total. The molecule has 1 amide bonds. The van der Waals surface area contributed by atoms with Crippen LogP contribution >= 0.6 is 11.8 Å². The second kappa shape index (κ2) is 10.4. The lowest BCUT2D eigenvalue weighted by molar-refractivity contribution is -0.120. The van der Waals surface area contributed by atoms with Crippen molar-refractivity contribution in [2.24, 2.45) is 0 Å². The first-order valence-corrected chi connectivity index (χ1v) is 11.4. The highest BCUT2D eigenvalue weighted by Crippen LogP contribution is 2.25. The molecule has 0 aliphatic carbocycles. The van der Waals surface area contributed by atoms with Crippen molar-refractivity contribution in [1.82, 2.24) is 25.1 Å². The summed E-state index contributed by atoms with van der Waals surface area (Å²) in [6, 6.07) is 8.28. The predicted molar refractivity (Wildman–Crippen MR) is 123 cm³/mol. The number of aromatic nitrogens is 4. The Balaban J connectivity index is 1.68. The summed E-state index contributed by atoms with van der Waals surface area (Å²) in [7, 11) is 0. The topological polar surface area (TPSA) is 84.7 Å². The molecule has 160 valence electrons. The minimum absolute atomic E-state index is 0.00745. The normalized spacial score (nSPS) is 11.2. The van der Waals surface area contributed by atoms with Crippen molar-refractivity contribution in [1.29, 1.82) is 0 Å². The quantitative estimate of drug-likeness (QED) is 0.379. The Hall–Kier alpha value is -2.61. The number of anilines is 1. The van der Waals surface area contributed by atoms with E-state index in [1.54, 1.807) is 18.0 Å². The molecule has 1 aromatic carbocycles. The summed E-state index contributed by atoms with van der Waals surface area (Å²) in [6.45, 7) is 9.39. The fourth-order valence-corrected chi connectivity index (χ4v) is 3.81. The van der Waals surface area contributed by atoms with Crippen molar-refractivity contribution in [3.63, 3.8) is 0 Å². The number of amides is 1. The fourth-order valence-electron chi connectivity index (χ4n) is 3.11. The number of nitrogens with zero attached hydrogens (tertiary/aromatic N) is 4. The summed E-state index contributed by atoms with van der Waals surface area (Å²) >= 11 is 1.65. The minimum Gasteiger partial charge on any atom is -0.367 e. The highest BCUT2D eigenvalue weighted by atomic mass is 32.2. The van der Waals surface area contributed by atoms with E-state index in [0.717, 1.165) is 45.3 Å². The van der Waals surface area contributed by atoms with E-state index in [1.165, 1.54) is 0 Å². The van der Waals surface area contributed by atoms with Gasteiger partial charge in [0.15, 0.2) is 10.8 Å². The summed E-state index contributed by atoms with van der Waals surface area (Å²) in [4.78, 5) is 21.7. The SMILES string of the molecule is CCCSc1nc(NC(C)C)c2cnn(CCNC(=O)Cc3cccc(C)c3)c2n1. The predicted octanol–water partition coefficient (Wildman–Crippen LogP) is 3.82. The maximum absolute atomic E-state index is 12.3. The van der Waals surface area contributed by atoms with Gasteiger partial charge < -0.3 is 10.6 Å². The number of hydrogen-bond acceptors (Lipinski definition) is 6. The van der Waals surface area contributed by atoms with Crippen molar-refractivity contribution < 1.29 is 4.79 Å². The van der Waals surface area contributed by atoms with Gasteiger partial charge in [-0.15, -0.1) is 0 Å². The molecule has 2 heterocycles. The first kappa shape index (κ1) is 22.1. The zero-order valence-electron chi connectivity index (χ0n) is 18.1. The number of benzene rings is 1. The summed E-state index contributed by atoms with van der Waals surface area (Å²) in [5.41, 5.74) is 2.97. The van der Waals surface area contributed by atoms with E-state index in [9.17, 15) is 4.79 Å². The van der Waals surface area contributed by atoms with Gasteiger partial charge in [0.2, 0.25) is 5.91 Å². The third kappa shape index (κ3) is 5.95. The number of aryl methyl sites for hydroxylation is 1. The molecule has 0 radical (unpaired) electrons. The molecule has 8 heteroatoms. The van der Waals surface area contributed by atoms with Crippen molar-refractivity contribution in [3.8, 4) is 0 Å². The molecule has 0 spiro atoms. The number of carbonyl (C=O) groups is 1. The number of rotatable bonds is 10. The highest BCUT2D eigenvalue weighted by Gasteiger charge is 2.14. The van der Waals surface area contributed by atoms with Crippen LogP contribution in [-0.2, 0) is 17.8 Å². The zero-order chi connectivity index (χ0) is 21.5. The Morgan fingerprint density at radius 2 is 2.10 bits per heavy atom. The highest BCUT2D eigenvalue weighted by molar-refractivity contribution is 7.99. The molecule has 0 saturated heterocycles. The Labute approximate surface area is 182 Å². The van der Waals surface area contributed by atoms with Gasteiger partial charge in [0.05, 0.1) is 24.5 Å². The first-order chi connectivity index (χ1) is 14.5. The van der Waals surface area contributed by atoms with E-state index in [0.29, 0.717) is 19.5 Å². The molecule has 0 unspecified atom stereocenters. The fraction of sp³-hybridized carbons (Fsp3) is 0.455. The van der Waals surface area contributed by atoms with Crippen molar-refractivity contribution in [2.75, 3.05) is 17.6 Å². The van der Waals surface area contributed by atoms with E-state index in [4.69, 9.17) is 4.98 Å². The summed E-state index contributed by atoms with van der Waals surface area (Å²) in [5, 5.41) is 12.5. The van der Waals surface area contributed by atoms with Gasteiger partial charge in [-0.05, 0) is 32.8 Å². The molecule has 3 rings (SSSR count). The average molecular weight is 427 g/mol. The van der Waals surface area contributed by atoms with Gasteiger partial charge in [0, 0.05) is 18.3 Å². The van der Waals surface area contributed by atoms with Gasteiger partial charge in [-0.3, -0.25) is 4.79 Å². The second-order valence-corrected chi connectivity index (χ2v) is 8.69. The smallest absolute Gasteiger partial charge is 0.224 e. The maximum atomic E-state index is 12.3. The number of fused-ring (bicyclic) bond motifs is 1. The van der Waals surface area contributed by atoms with Crippen LogP contribution in [0.1, 0.15) is 38.3 Å². The molecule has 0 aliphatic heterocycles. The molecule has 7 nitrogen and oxygen atoms in total. The van der Waals surface area contributed by atoms with Gasteiger partial charge in [-0.2, -0.15) is 5.10 Å². The lowest BCUT2D eigenvalue weighted by Gasteiger charge is -2.12. The molecule has 0 fully saturated rings. The van der Waals surface area contributed by atoms with Crippen LogP contribution in [0.25, 0.3) is 11.0 Å². The van der Waals surface area contributed by atoms with Gasteiger partial charge in [0.25, 0.3) is 0 Å². The molecular formula is C22H30N6OS. The third-order valence-corrected chi connectivity index (χ3v) is 5.48. The summed E-state index contributed by atoms with van der Waals surface area (Å²) in [6.07, 6.45) is 3.23. The average Bonchev–Trinajstić information content (AvgIpc) is 3.09. The Morgan fingerprint density at radius 1 is 1.27 bits per heavy atom. The van der Waals surface area contributed by atoms with Crippen LogP contribution in [0.3, 0.4) is 0 Å². The van der Waals surface area contributed by atoms with Crippen LogP contribution in [0.15, 0.2) is 35.6 Å². The number of hydrogen-bond donors (Lipinski definition) is 2. The van der Waals surface area contributed by atoms with E-state index in [-0.39, 0.29) is 11.9 Å². The molecule has 3 aromatic rings. The van der Waals surface area contributed by atoms with E-state index in [1.807, 2.05) is 35.9 Å². The molecule has 0 bridgehead atoms. The largest absolute Gasteiger partial charge is 0.367 e. The Kier molecular flexibility index (Phi) is 7.68. The lowest BCUT2D eigenvalue weighted by Crippen LogP contribution is -2.29. The van der Waals surface area contributed by atoms with Crippen LogP contribution < -0.4 is 10.6 Å². The molecule has 0 saturated carbocycles. The first-order valence-electron chi connectivity index (χ1n) is 10.4. The summed E-state index contributed by atoms with van der Waals surface area (Å²) < 4.78 is 1.84. The molecular weight excluding hydrogens is 396 g/mol. The monoisotopic (exact) mass is 426 g/mol. The van der Waals surface area contributed by atoms with Gasteiger partial charge >= 0.3 is 0 Å². The second-order valence-electron chi connectivity index (χ2n) is 7.62. The molecule has 2 aromatic heterocycles. The molecule has 0 atom stereocenters. The Bertz CT molecular complexity index is 1000. The standard InChI is InChI=1S/C22H30N6OS/c1-5-11-30-22-26-20(25-15(2)3)18-14-24-28(21(18)27-22)10-9-23-19(29)13-17-8-6-7-16(4)12-17/h6-8,12,14-15H,5,9-11,13H2,1-4H3,(H,23,29)(H,25,26,27). The minimum atomic E-state index is 0.00745. The van der Waals surface area contributed by atoms with Crippen LogP contribution in [0.2, 0.25) is 0 Å². The lowest BCUT2D eigenvalue weighted by atomic mass is 10.1. The van der Waals surface area contributed by atoms with Gasteiger partial charge in [0.1, 0.15) is 5.82 Å². The number of thioether (sulfide) groups is 1. The van der Waals surface area contributed by atoms with E-state index >= 15 is 0 Å². The zero-order valence-corrected chi connectivity index (χ0v) is 18.9. The van der Waals surface area contributed by atoms with Crippen LogP contribution in [0, 0.1) is 6.92 Å². The van der Waals surface area contributed by atoms with E-state index < -0.39 is 0 Å². The van der Waals surface area contributed by atoms with Gasteiger partial charge in [-0.25, -0.2) is 14.6 Å². The number of carbonyl (C=O) groups excluding carboxylic acids is 1. The van der Waals surface area contributed by atoms with Crippen LogP contribution in [-0.4, -0.2) is 44.0 Å². The van der Waals surface area contributed by atoms with Crippen LogP contribution in [0.4, 0.5) is 5.82 Å². The Morgan fingerprint density at radius 3 is 2.83 bits per heavy atom. The van der Waals surface area contributed by atoms with Crippen molar-refractivity contribution in [2.45, 2.75) is 58.3 Å². The summed E-state index contributed by atoms with van der Waals surface area (Å²) in [5.74, 6) is 1.78. The van der Waals surface area contributed by atoms with E-state index in [2.05, 4.69) is 41.5 Å². The van der Waals surface area contributed by atoms with Crippen molar-refractivity contribution in [3.05, 3.63) is 41.6 Å². The third-order valence-electron chi connectivity index (χ3n) is 4.43. The maximum Gasteiger partial charge on any atom is 0.224 e. The van der Waals surface area contributed by atoms with Crippen molar-refractivity contribution >= 4 is 34.5 Å². The number of nitrogens with one attached hydrogen (secondary N) is 2. The van der Waals surface area contributed by atoms with Crippen LogP contribution in [0.5, 0.6) is 0 Å². The molecule has 0 aliphatic rings.